The van der Waals surface area contributed by atoms with Gasteiger partial charge in [-0.1, -0.05) is 47.5 Å². The average Bonchev–Trinajstić information content (AvgIpc) is 2.50. The van der Waals surface area contributed by atoms with E-state index in [1.54, 1.807) is 0 Å². The van der Waals surface area contributed by atoms with Crippen LogP contribution in [0.3, 0.4) is 0 Å². The number of carbonyl (C=O) groups is 1. The third-order valence-electron chi connectivity index (χ3n) is 5.35. The number of nitrogens with one attached hydrogen (secondary N) is 1. The van der Waals surface area contributed by atoms with Crippen molar-refractivity contribution in [3.63, 3.8) is 0 Å². The zero-order valence-corrected chi connectivity index (χ0v) is 18.2. The summed E-state index contributed by atoms with van der Waals surface area (Å²) in [4.78, 5) is 17.2. The van der Waals surface area contributed by atoms with Gasteiger partial charge in [0.2, 0.25) is 0 Å². The molecule has 0 aliphatic heterocycles. The lowest BCUT2D eigenvalue weighted by molar-refractivity contribution is 0.0537. The fourth-order valence-corrected chi connectivity index (χ4v) is 9.08. The van der Waals surface area contributed by atoms with E-state index in [0.29, 0.717) is 22.2 Å². The fourth-order valence-electron chi connectivity index (χ4n) is 3.86. The van der Waals surface area contributed by atoms with Gasteiger partial charge in [-0.3, -0.25) is 9.63 Å². The van der Waals surface area contributed by atoms with Gasteiger partial charge in [-0.2, -0.15) is 0 Å². The van der Waals surface area contributed by atoms with Crippen LogP contribution in [0.5, 0.6) is 0 Å². The molecule has 0 saturated heterocycles. The Labute approximate surface area is 154 Å². The minimum Gasteiger partial charge on any atom is -0.277 e. The lowest BCUT2D eigenvalue weighted by Crippen LogP contribution is -2.43. The van der Waals surface area contributed by atoms with Crippen LogP contribution in [0.1, 0.15) is 68.6 Å². The Balaban J connectivity index is 3.55. The highest BCUT2D eigenvalue weighted by molar-refractivity contribution is 6.90. The molecule has 1 aromatic rings. The van der Waals surface area contributed by atoms with E-state index in [2.05, 4.69) is 65.4 Å². The van der Waals surface area contributed by atoms with Gasteiger partial charge < -0.3 is 0 Å². The van der Waals surface area contributed by atoms with Gasteiger partial charge in [-0.05, 0) is 53.7 Å². The number of hydrogen-bond donors (Lipinski definition) is 1. The lowest BCUT2D eigenvalue weighted by atomic mass is 10.00. The lowest BCUT2D eigenvalue weighted by Gasteiger charge is -2.38. The molecule has 0 aromatic heterocycles. The summed E-state index contributed by atoms with van der Waals surface area (Å²) in [6.45, 7) is 17.8. The maximum absolute atomic E-state index is 12.4. The highest BCUT2D eigenvalue weighted by Crippen LogP contribution is 2.40. The van der Waals surface area contributed by atoms with E-state index < -0.39 is 8.07 Å². The topological polar surface area (TPSA) is 38.3 Å². The van der Waals surface area contributed by atoms with Crippen LogP contribution in [0.15, 0.2) is 12.1 Å². The zero-order valence-electron chi connectivity index (χ0n) is 17.2. The quantitative estimate of drug-likeness (QED) is 0.448. The molecule has 1 N–H and O–H groups in total. The van der Waals surface area contributed by atoms with Gasteiger partial charge in [-0.15, -0.1) is 5.54 Å². The van der Waals surface area contributed by atoms with Crippen LogP contribution in [-0.4, -0.2) is 21.1 Å². The van der Waals surface area contributed by atoms with Crippen molar-refractivity contribution in [2.45, 2.75) is 72.0 Å². The molecule has 0 bridgehead atoms. The van der Waals surface area contributed by atoms with Crippen LogP contribution in [0.4, 0.5) is 0 Å². The Hall–Kier alpha value is -1.57. The molecule has 1 amide bonds. The van der Waals surface area contributed by atoms with E-state index in [0.717, 1.165) is 16.7 Å². The summed E-state index contributed by atoms with van der Waals surface area (Å²) in [5, 5.41) is 0. The molecular formula is C21H33NO2Si. The highest BCUT2D eigenvalue weighted by Gasteiger charge is 2.41. The third kappa shape index (κ3) is 4.53. The average molecular weight is 360 g/mol. The normalized spacial score (nSPS) is 11.7. The molecule has 0 unspecified atom stereocenters. The molecule has 0 aliphatic rings. The molecule has 1 aromatic carbocycles. The largest absolute Gasteiger partial charge is 0.277 e. The smallest absolute Gasteiger partial charge is 0.276 e. The summed E-state index contributed by atoms with van der Waals surface area (Å²) in [7, 11) is -0.399. The third-order valence-corrected chi connectivity index (χ3v) is 11.6. The predicted molar refractivity (Wildman–Crippen MR) is 108 cm³/mol. The van der Waals surface area contributed by atoms with E-state index in [9.17, 15) is 4.79 Å². The first-order valence-electron chi connectivity index (χ1n) is 9.05. The summed E-state index contributed by atoms with van der Waals surface area (Å²) < 4.78 is 0. The van der Waals surface area contributed by atoms with Crippen LogP contribution >= 0.6 is 0 Å². The van der Waals surface area contributed by atoms with Gasteiger partial charge >= 0.3 is 0 Å². The molecule has 0 aliphatic carbocycles. The molecule has 4 heteroatoms. The summed E-state index contributed by atoms with van der Waals surface area (Å²) >= 11 is 0. The number of amides is 1. The van der Waals surface area contributed by atoms with Gasteiger partial charge in [0.1, 0.15) is 8.07 Å². The number of carbonyl (C=O) groups excluding carboxylic acids is 1. The Morgan fingerprint density at radius 3 is 1.92 bits per heavy atom. The van der Waals surface area contributed by atoms with Crippen molar-refractivity contribution in [1.29, 1.82) is 0 Å². The number of hydroxylamine groups is 1. The molecule has 1 rings (SSSR count). The van der Waals surface area contributed by atoms with E-state index in [4.69, 9.17) is 4.84 Å². The van der Waals surface area contributed by atoms with Crippen LogP contribution in [-0.2, 0) is 4.84 Å². The molecule has 0 saturated carbocycles. The summed E-state index contributed by atoms with van der Waals surface area (Å²) in [6.07, 6.45) is 0. The van der Waals surface area contributed by atoms with Crippen molar-refractivity contribution in [1.82, 2.24) is 5.48 Å². The van der Waals surface area contributed by atoms with Gasteiger partial charge in [0, 0.05) is 5.56 Å². The van der Waals surface area contributed by atoms with Crippen LogP contribution < -0.4 is 5.48 Å². The fraction of sp³-hybridized carbons (Fsp3) is 0.571. The summed E-state index contributed by atoms with van der Waals surface area (Å²) in [5.74, 6) is 3.15. The van der Waals surface area contributed by atoms with E-state index in [1.807, 2.05) is 19.1 Å². The van der Waals surface area contributed by atoms with Crippen molar-refractivity contribution in [2.75, 3.05) is 7.11 Å². The first-order chi connectivity index (χ1) is 11.6. The number of rotatable bonds is 5. The molecule has 0 radical (unpaired) electrons. The van der Waals surface area contributed by atoms with Crippen molar-refractivity contribution in [3.05, 3.63) is 34.4 Å². The number of aryl methyl sites for hydroxylation is 2. The van der Waals surface area contributed by atoms with Crippen LogP contribution in [0.25, 0.3) is 0 Å². The molecule has 138 valence electrons. The van der Waals surface area contributed by atoms with E-state index in [-0.39, 0.29) is 5.91 Å². The van der Waals surface area contributed by atoms with Crippen molar-refractivity contribution < 1.29 is 9.63 Å². The molecule has 0 spiro atoms. The first-order valence-corrected chi connectivity index (χ1v) is 11.3. The van der Waals surface area contributed by atoms with E-state index in [1.165, 1.54) is 7.11 Å². The zero-order chi connectivity index (χ0) is 19.4. The molecule has 0 fully saturated rings. The highest BCUT2D eigenvalue weighted by atomic mass is 28.3. The summed E-state index contributed by atoms with van der Waals surface area (Å²) in [6, 6.07) is 3.92. The second-order valence-corrected chi connectivity index (χ2v) is 13.3. The summed E-state index contributed by atoms with van der Waals surface area (Å²) in [5.41, 5.74) is 11.4. The Morgan fingerprint density at radius 2 is 1.48 bits per heavy atom. The molecule has 0 atom stereocenters. The second kappa shape index (κ2) is 8.69. The van der Waals surface area contributed by atoms with Crippen LogP contribution in [0, 0.1) is 25.3 Å². The Morgan fingerprint density at radius 1 is 1.00 bits per heavy atom. The maximum atomic E-state index is 12.4. The molecule has 0 heterocycles. The standard InChI is InChI=1S/C21H33NO2Si/c1-14(2)25(15(3)4,16(5)6)11-10-19-12-17(7)18(8)13-20(19)21(23)22-24-9/h12-16H,1-9H3,(H,22,23). The molecule has 25 heavy (non-hydrogen) atoms. The van der Waals surface area contributed by atoms with Gasteiger partial charge in [-0.25, -0.2) is 5.48 Å². The van der Waals surface area contributed by atoms with Gasteiger partial charge in [0.05, 0.1) is 12.7 Å². The van der Waals surface area contributed by atoms with Crippen LogP contribution in [0.2, 0.25) is 16.6 Å². The first kappa shape index (κ1) is 21.5. The van der Waals surface area contributed by atoms with Crippen molar-refractivity contribution in [2.24, 2.45) is 0 Å². The number of hydrogen-bond acceptors (Lipinski definition) is 2. The SMILES string of the molecule is CONC(=O)c1cc(C)c(C)cc1C#C[Si](C(C)C)(C(C)C)C(C)C. The predicted octanol–water partition coefficient (Wildman–Crippen LogP) is 5.16. The van der Waals surface area contributed by atoms with E-state index >= 15 is 0 Å². The molecular weight excluding hydrogens is 326 g/mol. The molecule has 3 nitrogen and oxygen atoms in total. The minimum absolute atomic E-state index is 0.249. The Kier molecular flexibility index (Phi) is 7.46. The van der Waals surface area contributed by atoms with Gasteiger partial charge in [0.15, 0.2) is 0 Å². The maximum Gasteiger partial charge on any atom is 0.276 e. The monoisotopic (exact) mass is 359 g/mol. The van der Waals surface area contributed by atoms with Crippen molar-refractivity contribution in [3.8, 4) is 11.5 Å². The van der Waals surface area contributed by atoms with Gasteiger partial charge in [0.25, 0.3) is 5.91 Å². The van der Waals surface area contributed by atoms with Crippen molar-refractivity contribution >= 4 is 14.0 Å². The Bertz CT molecular complexity index is 659. The number of benzene rings is 1. The minimum atomic E-state index is -1.84. The second-order valence-electron chi connectivity index (χ2n) is 7.76.